The van der Waals surface area contributed by atoms with Crippen LogP contribution in [0.3, 0.4) is 0 Å². The predicted octanol–water partition coefficient (Wildman–Crippen LogP) is 4.90. The van der Waals surface area contributed by atoms with Gasteiger partial charge >= 0.3 is 12.1 Å². The molecular weight excluding hydrogens is 422 g/mol. The van der Waals surface area contributed by atoms with Gasteiger partial charge in [-0.05, 0) is 67.7 Å². The maximum atomic E-state index is 12.7. The highest BCUT2D eigenvalue weighted by atomic mass is 16.7. The largest absolute Gasteiger partial charge is 0.468 e. The van der Waals surface area contributed by atoms with Gasteiger partial charge < -0.3 is 23.8 Å². The molecule has 1 aliphatic rings. The van der Waals surface area contributed by atoms with Crippen molar-refractivity contribution in [3.05, 3.63) is 59.7 Å². The van der Waals surface area contributed by atoms with Crippen molar-refractivity contribution in [2.75, 3.05) is 34.1 Å². The van der Waals surface area contributed by atoms with Crippen molar-refractivity contribution in [1.82, 2.24) is 4.90 Å². The number of hydrogen-bond donors (Lipinski definition) is 0. The van der Waals surface area contributed by atoms with Crippen molar-refractivity contribution in [1.29, 1.82) is 0 Å². The van der Waals surface area contributed by atoms with Crippen molar-refractivity contribution in [3.8, 4) is 16.9 Å². The summed E-state index contributed by atoms with van der Waals surface area (Å²) in [6, 6.07) is 15.8. The van der Waals surface area contributed by atoms with E-state index in [2.05, 4.69) is 0 Å². The normalized spacial score (nSPS) is 14.2. The zero-order valence-electron chi connectivity index (χ0n) is 19.8. The summed E-state index contributed by atoms with van der Waals surface area (Å²) in [5, 5.41) is 0. The zero-order chi connectivity index (χ0) is 24.0. The van der Waals surface area contributed by atoms with E-state index in [4.69, 9.17) is 18.9 Å². The minimum atomic E-state index is -0.621. The van der Waals surface area contributed by atoms with Crippen LogP contribution < -0.4 is 4.74 Å². The Morgan fingerprint density at radius 3 is 2.30 bits per heavy atom. The van der Waals surface area contributed by atoms with Crippen LogP contribution in [0.2, 0.25) is 0 Å². The highest BCUT2D eigenvalue weighted by molar-refractivity contribution is 5.99. The molecule has 0 saturated heterocycles. The van der Waals surface area contributed by atoms with Gasteiger partial charge in [0.15, 0.2) is 6.79 Å². The highest BCUT2D eigenvalue weighted by Crippen LogP contribution is 2.35. The molecule has 0 spiro atoms. The minimum absolute atomic E-state index is 0.104. The van der Waals surface area contributed by atoms with E-state index in [0.29, 0.717) is 24.3 Å². The number of ether oxygens (including phenoxy) is 4. The van der Waals surface area contributed by atoms with Crippen LogP contribution in [0.4, 0.5) is 4.79 Å². The molecule has 0 unspecified atom stereocenters. The second-order valence-electron chi connectivity index (χ2n) is 8.76. The van der Waals surface area contributed by atoms with E-state index in [1.165, 1.54) is 12.0 Å². The first-order valence-corrected chi connectivity index (χ1v) is 10.8. The van der Waals surface area contributed by atoms with E-state index in [1.54, 1.807) is 7.11 Å². The summed E-state index contributed by atoms with van der Waals surface area (Å²) in [6.45, 7) is 6.08. The van der Waals surface area contributed by atoms with Gasteiger partial charge in [-0.1, -0.05) is 30.3 Å². The Kier molecular flexibility index (Phi) is 7.76. The van der Waals surface area contributed by atoms with Crippen LogP contribution in [0.1, 0.15) is 32.8 Å². The third-order valence-electron chi connectivity index (χ3n) is 5.13. The molecule has 0 atom stereocenters. The summed E-state index contributed by atoms with van der Waals surface area (Å²) in [5.74, 6) is 0.155. The van der Waals surface area contributed by atoms with Gasteiger partial charge in [0.05, 0.1) is 19.2 Å². The van der Waals surface area contributed by atoms with Gasteiger partial charge in [-0.3, -0.25) is 0 Å². The Morgan fingerprint density at radius 2 is 1.67 bits per heavy atom. The van der Waals surface area contributed by atoms with Crippen LogP contribution in [0.15, 0.2) is 54.1 Å². The van der Waals surface area contributed by atoms with Crippen LogP contribution in [0, 0.1) is 0 Å². The van der Waals surface area contributed by atoms with Crippen LogP contribution in [-0.2, 0) is 19.0 Å². The third kappa shape index (κ3) is 6.35. The number of nitrogens with zero attached hydrogens (tertiary/aromatic N) is 1. The Bertz CT molecular complexity index is 1020. The molecule has 7 nitrogen and oxygen atoms in total. The Labute approximate surface area is 194 Å². The van der Waals surface area contributed by atoms with E-state index in [1.807, 2.05) is 69.3 Å². The first-order valence-electron chi connectivity index (χ1n) is 10.8. The van der Waals surface area contributed by atoms with E-state index in [-0.39, 0.29) is 13.3 Å². The summed E-state index contributed by atoms with van der Waals surface area (Å²) < 4.78 is 21.4. The summed E-state index contributed by atoms with van der Waals surface area (Å²) in [6.07, 6.45) is 0.0242. The summed E-state index contributed by atoms with van der Waals surface area (Å²) in [4.78, 5) is 26.9. The standard InChI is InChI=1S/C26H31NO6/c1-26(2,3)33-25(29)27-12-11-22(23(16-27)24(28)31-5)20-13-19(18-9-7-6-8-10-18)14-21(15-20)32-17-30-4/h6-10,13-15H,11-12,16-17H2,1-5H3. The van der Waals surface area contributed by atoms with Crippen LogP contribution in [-0.4, -0.2) is 56.7 Å². The lowest BCUT2D eigenvalue weighted by Gasteiger charge is -2.32. The SMILES string of the molecule is COCOc1cc(C2=C(C(=O)OC)CN(C(=O)OC(C)(C)C)CC2)cc(-c2ccccc2)c1. The second kappa shape index (κ2) is 10.5. The average Bonchev–Trinajstić information content (AvgIpc) is 2.81. The fourth-order valence-electron chi connectivity index (χ4n) is 3.66. The van der Waals surface area contributed by atoms with Crippen LogP contribution >= 0.6 is 0 Å². The molecule has 176 valence electrons. The lowest BCUT2D eigenvalue weighted by molar-refractivity contribution is -0.136. The molecule has 1 heterocycles. The number of rotatable bonds is 6. The maximum Gasteiger partial charge on any atom is 0.410 e. The van der Waals surface area contributed by atoms with E-state index in [0.717, 1.165) is 22.3 Å². The molecule has 0 aliphatic carbocycles. The number of carbonyl (C=O) groups is 2. The first kappa shape index (κ1) is 24.3. The van der Waals surface area contributed by atoms with Gasteiger partial charge in [-0.2, -0.15) is 0 Å². The van der Waals surface area contributed by atoms with Gasteiger partial charge in [0.2, 0.25) is 0 Å². The fraction of sp³-hybridized carbons (Fsp3) is 0.385. The van der Waals surface area contributed by atoms with Crippen molar-refractivity contribution >= 4 is 17.6 Å². The highest BCUT2D eigenvalue weighted by Gasteiger charge is 2.31. The van der Waals surface area contributed by atoms with Crippen molar-refractivity contribution in [2.24, 2.45) is 0 Å². The number of carbonyl (C=O) groups excluding carboxylic acids is 2. The Morgan fingerprint density at radius 1 is 0.970 bits per heavy atom. The third-order valence-corrected chi connectivity index (χ3v) is 5.13. The molecule has 1 amide bonds. The molecule has 33 heavy (non-hydrogen) atoms. The summed E-state index contributed by atoms with van der Waals surface area (Å²) in [7, 11) is 2.90. The molecule has 1 aliphatic heterocycles. The topological polar surface area (TPSA) is 74.3 Å². The molecule has 2 aromatic rings. The molecule has 0 bridgehead atoms. The van der Waals surface area contributed by atoms with E-state index >= 15 is 0 Å². The van der Waals surface area contributed by atoms with Crippen LogP contribution in [0.25, 0.3) is 16.7 Å². The maximum absolute atomic E-state index is 12.7. The Hall–Kier alpha value is -3.32. The predicted molar refractivity (Wildman–Crippen MR) is 126 cm³/mol. The molecule has 0 N–H and O–H groups in total. The zero-order valence-corrected chi connectivity index (χ0v) is 19.8. The number of benzene rings is 2. The smallest absolute Gasteiger partial charge is 0.410 e. The molecule has 0 aromatic heterocycles. The lowest BCUT2D eigenvalue weighted by Crippen LogP contribution is -2.41. The van der Waals surface area contributed by atoms with Crippen molar-refractivity contribution < 1.29 is 28.5 Å². The molecule has 7 heteroatoms. The lowest BCUT2D eigenvalue weighted by atomic mass is 9.91. The molecule has 0 saturated carbocycles. The molecule has 2 aromatic carbocycles. The average molecular weight is 454 g/mol. The summed E-state index contributed by atoms with van der Waals surface area (Å²) in [5.41, 5.74) is 3.44. The monoisotopic (exact) mass is 453 g/mol. The molecular formula is C26H31NO6. The molecule has 3 rings (SSSR count). The number of amides is 1. The molecule has 0 radical (unpaired) electrons. The first-order chi connectivity index (χ1) is 15.7. The van der Waals surface area contributed by atoms with Gasteiger partial charge in [0.25, 0.3) is 0 Å². The fourth-order valence-corrected chi connectivity index (χ4v) is 3.66. The number of esters is 1. The summed E-state index contributed by atoms with van der Waals surface area (Å²) >= 11 is 0. The minimum Gasteiger partial charge on any atom is -0.468 e. The van der Waals surface area contributed by atoms with Crippen LogP contribution in [0.5, 0.6) is 5.75 Å². The van der Waals surface area contributed by atoms with Crippen molar-refractivity contribution in [3.63, 3.8) is 0 Å². The number of hydrogen-bond acceptors (Lipinski definition) is 6. The van der Waals surface area contributed by atoms with E-state index < -0.39 is 17.7 Å². The van der Waals surface area contributed by atoms with Gasteiger partial charge in [-0.15, -0.1) is 0 Å². The van der Waals surface area contributed by atoms with E-state index in [9.17, 15) is 9.59 Å². The van der Waals surface area contributed by atoms with Crippen molar-refractivity contribution in [2.45, 2.75) is 32.8 Å². The van der Waals surface area contributed by atoms with Gasteiger partial charge in [-0.25, -0.2) is 9.59 Å². The van der Waals surface area contributed by atoms with Gasteiger partial charge in [0.1, 0.15) is 11.4 Å². The molecule has 0 fully saturated rings. The van der Waals surface area contributed by atoms with Gasteiger partial charge in [0, 0.05) is 13.7 Å². The second-order valence-corrected chi connectivity index (χ2v) is 8.76. The quantitative estimate of drug-likeness (QED) is 0.457. The Balaban J connectivity index is 2.04. The number of methoxy groups -OCH3 is 2.